The molecule has 0 radical (unpaired) electrons. The molecule has 1 aromatic heterocycles. The van der Waals surface area contributed by atoms with Crippen LogP contribution < -0.4 is 10.6 Å². The third-order valence-corrected chi connectivity index (χ3v) is 5.39. The predicted octanol–water partition coefficient (Wildman–Crippen LogP) is 2.07. The molecule has 0 aromatic carbocycles. The monoisotopic (exact) mass is 319 g/mol. The van der Waals surface area contributed by atoms with Gasteiger partial charge in [-0.25, -0.2) is 4.68 Å². The van der Waals surface area contributed by atoms with Gasteiger partial charge in [-0.05, 0) is 57.5 Å². The van der Waals surface area contributed by atoms with Crippen LogP contribution in [0.2, 0.25) is 0 Å². The van der Waals surface area contributed by atoms with Gasteiger partial charge in [-0.1, -0.05) is 25.0 Å². The second-order valence-corrected chi connectivity index (χ2v) is 7.30. The Hall–Kier alpha value is -1.43. The molecule has 3 rings (SSSR count). The summed E-state index contributed by atoms with van der Waals surface area (Å²) in [5, 5.41) is 14.8. The van der Waals surface area contributed by atoms with Crippen LogP contribution in [0.1, 0.15) is 67.7 Å². The SMILES string of the molecule is Cc1c(C(=O)NC[C@H]2CCC[C@@H](C)C2)nnn1C1CCNCC1. The molecule has 2 heterocycles. The summed E-state index contributed by atoms with van der Waals surface area (Å²) in [5.74, 6) is 1.33. The van der Waals surface area contributed by atoms with E-state index in [4.69, 9.17) is 0 Å². The number of carbonyl (C=O) groups excluding carboxylic acids is 1. The van der Waals surface area contributed by atoms with Crippen molar-refractivity contribution >= 4 is 5.91 Å². The van der Waals surface area contributed by atoms with Gasteiger partial charge in [0.15, 0.2) is 5.69 Å². The number of nitrogens with one attached hydrogen (secondary N) is 2. The van der Waals surface area contributed by atoms with Crippen molar-refractivity contribution in [3.8, 4) is 0 Å². The maximum Gasteiger partial charge on any atom is 0.273 e. The summed E-state index contributed by atoms with van der Waals surface area (Å²) in [6, 6.07) is 0.365. The summed E-state index contributed by atoms with van der Waals surface area (Å²) in [7, 11) is 0. The molecule has 0 spiro atoms. The zero-order chi connectivity index (χ0) is 16.2. The van der Waals surface area contributed by atoms with Crippen LogP contribution >= 0.6 is 0 Å². The second kappa shape index (κ2) is 7.43. The first-order valence-electron chi connectivity index (χ1n) is 9.06. The summed E-state index contributed by atoms with van der Waals surface area (Å²) in [5.41, 5.74) is 1.39. The Morgan fingerprint density at radius 3 is 2.83 bits per heavy atom. The van der Waals surface area contributed by atoms with Crippen molar-refractivity contribution < 1.29 is 4.79 Å². The first-order valence-corrected chi connectivity index (χ1v) is 9.06. The molecule has 1 aliphatic carbocycles. The molecule has 1 aliphatic heterocycles. The highest BCUT2D eigenvalue weighted by atomic mass is 16.2. The Morgan fingerprint density at radius 1 is 1.30 bits per heavy atom. The molecule has 2 aliphatic rings. The molecular formula is C17H29N5O. The molecule has 2 N–H and O–H groups in total. The summed E-state index contributed by atoms with van der Waals surface area (Å²) in [6.45, 7) is 7.04. The Bertz CT molecular complexity index is 535. The average Bonchev–Trinajstić information content (AvgIpc) is 2.95. The van der Waals surface area contributed by atoms with Gasteiger partial charge in [0, 0.05) is 6.54 Å². The first-order chi connectivity index (χ1) is 11.1. The minimum atomic E-state index is -0.0686. The van der Waals surface area contributed by atoms with Crippen LogP contribution in [-0.4, -0.2) is 40.5 Å². The maximum atomic E-state index is 12.4. The highest BCUT2D eigenvalue weighted by Gasteiger charge is 2.24. The van der Waals surface area contributed by atoms with Gasteiger partial charge in [0.25, 0.3) is 5.91 Å². The van der Waals surface area contributed by atoms with Gasteiger partial charge in [0.2, 0.25) is 0 Å². The summed E-state index contributed by atoms with van der Waals surface area (Å²) in [4.78, 5) is 12.4. The fraction of sp³-hybridized carbons (Fsp3) is 0.824. The molecule has 6 heteroatoms. The smallest absolute Gasteiger partial charge is 0.273 e. The lowest BCUT2D eigenvalue weighted by Crippen LogP contribution is -2.32. The Kier molecular flexibility index (Phi) is 5.30. The molecule has 1 saturated heterocycles. The van der Waals surface area contributed by atoms with E-state index in [1.54, 1.807) is 0 Å². The van der Waals surface area contributed by atoms with Crippen LogP contribution in [0.15, 0.2) is 0 Å². The van der Waals surface area contributed by atoms with Gasteiger partial charge in [-0.2, -0.15) is 0 Å². The maximum absolute atomic E-state index is 12.4. The third-order valence-electron chi connectivity index (χ3n) is 5.39. The molecule has 128 valence electrons. The number of hydrogen-bond acceptors (Lipinski definition) is 4. The number of aromatic nitrogens is 3. The van der Waals surface area contributed by atoms with E-state index in [9.17, 15) is 4.79 Å². The van der Waals surface area contributed by atoms with Gasteiger partial charge in [0.1, 0.15) is 0 Å². The summed E-state index contributed by atoms with van der Waals surface area (Å²) < 4.78 is 1.94. The lowest BCUT2D eigenvalue weighted by atomic mass is 9.82. The van der Waals surface area contributed by atoms with Gasteiger partial charge >= 0.3 is 0 Å². The highest BCUT2D eigenvalue weighted by Crippen LogP contribution is 2.28. The summed E-state index contributed by atoms with van der Waals surface area (Å²) >= 11 is 0. The minimum Gasteiger partial charge on any atom is -0.350 e. The molecule has 1 aromatic rings. The van der Waals surface area contributed by atoms with Crippen LogP contribution in [0.25, 0.3) is 0 Å². The van der Waals surface area contributed by atoms with Crippen LogP contribution in [0, 0.1) is 18.8 Å². The van der Waals surface area contributed by atoms with Crippen LogP contribution in [0.3, 0.4) is 0 Å². The van der Waals surface area contributed by atoms with Crippen molar-refractivity contribution in [3.05, 3.63) is 11.4 Å². The topological polar surface area (TPSA) is 71.8 Å². The molecule has 2 fully saturated rings. The minimum absolute atomic E-state index is 0.0686. The van der Waals surface area contributed by atoms with Crippen LogP contribution in [0.5, 0.6) is 0 Å². The zero-order valence-electron chi connectivity index (χ0n) is 14.3. The Morgan fingerprint density at radius 2 is 2.09 bits per heavy atom. The lowest BCUT2D eigenvalue weighted by Gasteiger charge is -2.26. The second-order valence-electron chi connectivity index (χ2n) is 7.30. The average molecular weight is 319 g/mol. The van der Waals surface area contributed by atoms with E-state index in [1.165, 1.54) is 25.7 Å². The number of amides is 1. The number of nitrogens with zero attached hydrogens (tertiary/aromatic N) is 3. The van der Waals surface area contributed by atoms with Crippen molar-refractivity contribution in [1.82, 2.24) is 25.6 Å². The molecule has 23 heavy (non-hydrogen) atoms. The lowest BCUT2D eigenvalue weighted by molar-refractivity contribution is 0.0935. The third kappa shape index (κ3) is 3.91. The van der Waals surface area contributed by atoms with E-state index in [0.29, 0.717) is 17.7 Å². The quantitative estimate of drug-likeness (QED) is 0.891. The molecule has 0 unspecified atom stereocenters. The summed E-state index contributed by atoms with van der Waals surface area (Å²) in [6.07, 6.45) is 7.16. The standard InChI is InChI=1S/C17H29N5O/c1-12-4-3-5-14(10-12)11-19-17(23)16-13(2)22(21-20-16)15-6-8-18-9-7-15/h12,14-15,18H,3-11H2,1-2H3,(H,19,23)/t12-,14+/m1/s1. The van der Waals surface area contributed by atoms with Crippen molar-refractivity contribution in [2.75, 3.05) is 19.6 Å². The van der Waals surface area contributed by atoms with E-state index < -0.39 is 0 Å². The van der Waals surface area contributed by atoms with Gasteiger partial charge in [-0.15, -0.1) is 5.10 Å². The normalized spacial score (nSPS) is 26.2. The van der Waals surface area contributed by atoms with E-state index in [0.717, 1.165) is 44.1 Å². The van der Waals surface area contributed by atoms with Crippen molar-refractivity contribution in [1.29, 1.82) is 0 Å². The number of piperidine rings is 1. The van der Waals surface area contributed by atoms with Gasteiger partial charge in [0.05, 0.1) is 11.7 Å². The van der Waals surface area contributed by atoms with Gasteiger partial charge in [-0.3, -0.25) is 4.79 Å². The largest absolute Gasteiger partial charge is 0.350 e. The fourth-order valence-corrected chi connectivity index (χ4v) is 4.01. The molecule has 1 amide bonds. The first kappa shape index (κ1) is 16.4. The molecule has 6 nitrogen and oxygen atoms in total. The van der Waals surface area contributed by atoms with E-state index in [1.807, 2.05) is 11.6 Å². The van der Waals surface area contributed by atoms with Crippen molar-refractivity contribution in [2.24, 2.45) is 11.8 Å². The van der Waals surface area contributed by atoms with Crippen LogP contribution in [-0.2, 0) is 0 Å². The predicted molar refractivity (Wildman–Crippen MR) is 89.4 cm³/mol. The zero-order valence-corrected chi connectivity index (χ0v) is 14.3. The van der Waals surface area contributed by atoms with E-state index in [2.05, 4.69) is 27.9 Å². The number of rotatable bonds is 4. The molecule has 0 bridgehead atoms. The van der Waals surface area contributed by atoms with Crippen LogP contribution in [0.4, 0.5) is 0 Å². The van der Waals surface area contributed by atoms with Crippen molar-refractivity contribution in [3.63, 3.8) is 0 Å². The Labute approximate surface area is 138 Å². The highest BCUT2D eigenvalue weighted by molar-refractivity contribution is 5.93. The van der Waals surface area contributed by atoms with Gasteiger partial charge < -0.3 is 10.6 Å². The van der Waals surface area contributed by atoms with E-state index in [-0.39, 0.29) is 5.91 Å². The molecular weight excluding hydrogens is 290 g/mol. The molecule has 1 saturated carbocycles. The van der Waals surface area contributed by atoms with E-state index >= 15 is 0 Å². The molecule has 2 atom stereocenters. The fourth-order valence-electron chi connectivity index (χ4n) is 4.01. The number of hydrogen-bond donors (Lipinski definition) is 2. The van der Waals surface area contributed by atoms with Crippen molar-refractivity contribution in [2.45, 2.75) is 58.4 Å². The Balaban J connectivity index is 1.58. The number of carbonyl (C=O) groups is 1.